The van der Waals surface area contributed by atoms with E-state index in [1.807, 2.05) is 4.90 Å². The Balaban J connectivity index is 1.93. The lowest BCUT2D eigenvalue weighted by molar-refractivity contribution is 0.125. The zero-order valence-corrected chi connectivity index (χ0v) is 6.62. The lowest BCUT2D eigenvalue weighted by Gasteiger charge is -2.38. The molecule has 1 aliphatic carbocycles. The highest BCUT2D eigenvalue weighted by molar-refractivity contribution is 5.75. The van der Waals surface area contributed by atoms with Crippen LogP contribution < -0.4 is 5.32 Å². The molecule has 0 unspecified atom stereocenters. The van der Waals surface area contributed by atoms with Gasteiger partial charge in [-0.25, -0.2) is 10.1 Å². The lowest BCUT2D eigenvalue weighted by atomic mass is 9.91. The fourth-order valence-electron chi connectivity index (χ4n) is 1.64. The Morgan fingerprint density at radius 3 is 2.73 bits per heavy atom. The minimum Gasteiger partial charge on any atom is -0.320 e. The summed E-state index contributed by atoms with van der Waals surface area (Å²) in [7, 11) is 0. The number of rotatable bonds is 1. The van der Waals surface area contributed by atoms with Gasteiger partial charge in [-0.3, -0.25) is 0 Å². The minimum absolute atomic E-state index is 0.0287. The molecule has 3 nitrogen and oxygen atoms in total. The first-order valence-electron chi connectivity index (χ1n) is 4.36. The summed E-state index contributed by atoms with van der Waals surface area (Å²) < 4.78 is 0. The van der Waals surface area contributed by atoms with Crippen molar-refractivity contribution in [2.75, 3.05) is 13.1 Å². The summed E-state index contributed by atoms with van der Waals surface area (Å²) in [6.45, 7) is 1.68. The second kappa shape index (κ2) is 2.72. The smallest absolute Gasteiger partial charge is 0.320 e. The molecule has 2 rings (SSSR count). The standard InChI is InChI=1S/C8H13N2O/c11-8-9-5-2-6-10(8)7-3-1-4-7/h7H,1-6H2. The summed E-state index contributed by atoms with van der Waals surface area (Å²) in [5.41, 5.74) is 0. The number of carbonyl (C=O) groups is 1. The van der Waals surface area contributed by atoms with Crippen LogP contribution in [0.1, 0.15) is 25.7 Å². The highest BCUT2D eigenvalue weighted by atomic mass is 16.2. The van der Waals surface area contributed by atoms with Gasteiger partial charge < -0.3 is 4.90 Å². The van der Waals surface area contributed by atoms with E-state index in [2.05, 4.69) is 5.32 Å². The SMILES string of the molecule is O=C1[N]CCCN1C1CCC1. The minimum atomic E-state index is 0.0287. The molecule has 2 amide bonds. The largest absolute Gasteiger partial charge is 0.339 e. The molecule has 0 aromatic carbocycles. The molecular formula is C8H13N2O. The van der Waals surface area contributed by atoms with E-state index in [0.29, 0.717) is 6.04 Å². The average Bonchev–Trinajstić information content (AvgIpc) is 1.90. The van der Waals surface area contributed by atoms with Gasteiger partial charge in [0.05, 0.1) is 0 Å². The molecule has 0 N–H and O–H groups in total. The van der Waals surface area contributed by atoms with Crippen molar-refractivity contribution in [2.24, 2.45) is 0 Å². The Morgan fingerprint density at radius 1 is 1.36 bits per heavy atom. The summed E-state index contributed by atoms with van der Waals surface area (Å²) in [5, 5.41) is 3.90. The molecule has 0 bridgehead atoms. The number of hydrogen-bond donors (Lipinski definition) is 0. The maximum atomic E-state index is 11.2. The quantitative estimate of drug-likeness (QED) is 0.552. The van der Waals surface area contributed by atoms with Crippen LogP contribution in [0, 0.1) is 0 Å². The Labute approximate surface area is 66.8 Å². The molecule has 1 saturated heterocycles. The van der Waals surface area contributed by atoms with E-state index in [0.717, 1.165) is 19.5 Å². The monoisotopic (exact) mass is 153 g/mol. The van der Waals surface area contributed by atoms with Crippen molar-refractivity contribution in [3.05, 3.63) is 0 Å². The number of nitrogens with zero attached hydrogens (tertiary/aromatic N) is 2. The second-order valence-corrected chi connectivity index (χ2v) is 3.30. The van der Waals surface area contributed by atoms with Crippen LogP contribution in [0.5, 0.6) is 0 Å². The van der Waals surface area contributed by atoms with Crippen LogP contribution in [0.2, 0.25) is 0 Å². The van der Waals surface area contributed by atoms with Gasteiger partial charge >= 0.3 is 6.03 Å². The van der Waals surface area contributed by atoms with Crippen LogP contribution in [-0.4, -0.2) is 30.1 Å². The first-order valence-corrected chi connectivity index (χ1v) is 4.36. The molecule has 1 aliphatic heterocycles. The van der Waals surface area contributed by atoms with Crippen LogP contribution in [0.15, 0.2) is 0 Å². The summed E-state index contributed by atoms with van der Waals surface area (Å²) in [5.74, 6) is 0. The highest BCUT2D eigenvalue weighted by Gasteiger charge is 2.30. The normalized spacial score (nSPS) is 26.2. The van der Waals surface area contributed by atoms with Gasteiger partial charge in [-0.1, -0.05) is 0 Å². The van der Waals surface area contributed by atoms with Crippen molar-refractivity contribution < 1.29 is 4.79 Å². The summed E-state index contributed by atoms with van der Waals surface area (Å²) in [6.07, 6.45) is 4.74. The van der Waals surface area contributed by atoms with Crippen molar-refractivity contribution in [3.8, 4) is 0 Å². The Morgan fingerprint density at radius 2 is 2.18 bits per heavy atom. The Bertz CT molecular complexity index is 165. The summed E-state index contributed by atoms with van der Waals surface area (Å²) >= 11 is 0. The van der Waals surface area contributed by atoms with Crippen LogP contribution in [0.3, 0.4) is 0 Å². The Hall–Kier alpha value is -0.730. The zero-order valence-electron chi connectivity index (χ0n) is 6.62. The fourth-order valence-corrected chi connectivity index (χ4v) is 1.64. The van der Waals surface area contributed by atoms with Crippen LogP contribution in [0.25, 0.3) is 0 Å². The molecule has 0 aromatic heterocycles. The maximum Gasteiger partial charge on any atom is 0.339 e. The predicted molar refractivity (Wildman–Crippen MR) is 41.4 cm³/mol. The molecule has 1 radical (unpaired) electrons. The lowest BCUT2D eigenvalue weighted by Crippen LogP contribution is -2.50. The van der Waals surface area contributed by atoms with Gasteiger partial charge in [-0.05, 0) is 25.7 Å². The van der Waals surface area contributed by atoms with E-state index < -0.39 is 0 Å². The highest BCUT2D eigenvalue weighted by Crippen LogP contribution is 2.25. The first kappa shape index (κ1) is 6.95. The molecule has 0 spiro atoms. The van der Waals surface area contributed by atoms with Gasteiger partial charge in [0.15, 0.2) is 0 Å². The van der Waals surface area contributed by atoms with Crippen LogP contribution in [-0.2, 0) is 0 Å². The van der Waals surface area contributed by atoms with Crippen LogP contribution in [0.4, 0.5) is 4.79 Å². The molecule has 1 saturated carbocycles. The molecular weight excluding hydrogens is 140 g/mol. The maximum absolute atomic E-state index is 11.2. The number of carbonyl (C=O) groups excluding carboxylic acids is 1. The molecule has 11 heavy (non-hydrogen) atoms. The van der Waals surface area contributed by atoms with Gasteiger partial charge in [-0.15, -0.1) is 0 Å². The predicted octanol–water partition coefficient (Wildman–Crippen LogP) is 0.969. The Kier molecular flexibility index (Phi) is 1.72. The topological polar surface area (TPSA) is 34.4 Å². The fraction of sp³-hybridized carbons (Fsp3) is 0.875. The van der Waals surface area contributed by atoms with E-state index in [9.17, 15) is 4.79 Å². The van der Waals surface area contributed by atoms with Crippen LogP contribution >= 0.6 is 0 Å². The molecule has 2 fully saturated rings. The second-order valence-electron chi connectivity index (χ2n) is 3.30. The van der Waals surface area contributed by atoms with Gasteiger partial charge in [0.1, 0.15) is 0 Å². The van der Waals surface area contributed by atoms with Crippen molar-refractivity contribution in [3.63, 3.8) is 0 Å². The third kappa shape index (κ3) is 1.19. The average molecular weight is 153 g/mol. The van der Waals surface area contributed by atoms with Crippen molar-refractivity contribution in [2.45, 2.75) is 31.7 Å². The van der Waals surface area contributed by atoms with Crippen molar-refractivity contribution in [1.29, 1.82) is 0 Å². The van der Waals surface area contributed by atoms with Crippen molar-refractivity contribution >= 4 is 6.03 Å². The summed E-state index contributed by atoms with van der Waals surface area (Å²) in [4.78, 5) is 13.1. The summed E-state index contributed by atoms with van der Waals surface area (Å²) in [6, 6.07) is 0.563. The van der Waals surface area contributed by atoms with E-state index in [1.54, 1.807) is 0 Å². The third-order valence-corrected chi connectivity index (χ3v) is 2.57. The number of urea groups is 1. The molecule has 2 aliphatic rings. The zero-order chi connectivity index (χ0) is 7.68. The van der Waals surface area contributed by atoms with Gasteiger partial charge in [0, 0.05) is 19.1 Å². The van der Waals surface area contributed by atoms with Crippen molar-refractivity contribution in [1.82, 2.24) is 10.2 Å². The van der Waals surface area contributed by atoms with E-state index in [1.165, 1.54) is 19.3 Å². The van der Waals surface area contributed by atoms with E-state index in [-0.39, 0.29) is 6.03 Å². The van der Waals surface area contributed by atoms with Gasteiger partial charge in [0.25, 0.3) is 0 Å². The van der Waals surface area contributed by atoms with E-state index >= 15 is 0 Å². The third-order valence-electron chi connectivity index (χ3n) is 2.57. The van der Waals surface area contributed by atoms with Gasteiger partial charge in [-0.2, -0.15) is 0 Å². The molecule has 61 valence electrons. The molecule has 1 heterocycles. The van der Waals surface area contributed by atoms with Gasteiger partial charge in [0.2, 0.25) is 0 Å². The molecule has 0 atom stereocenters. The number of hydrogen-bond acceptors (Lipinski definition) is 1. The molecule has 0 aromatic rings. The molecule has 3 heteroatoms. The van der Waals surface area contributed by atoms with E-state index in [4.69, 9.17) is 0 Å². The number of amides is 2. The first-order chi connectivity index (χ1) is 5.38.